The van der Waals surface area contributed by atoms with Crippen molar-refractivity contribution >= 4 is 136 Å². The molecule has 11 rings (SSSR count). The van der Waals surface area contributed by atoms with Crippen molar-refractivity contribution in [2.24, 2.45) is 10.3 Å². The first kappa shape index (κ1) is 70.4. The van der Waals surface area contributed by atoms with Gasteiger partial charge in [0.1, 0.15) is 28.4 Å². The number of carbonyl (C=O) groups is 3. The van der Waals surface area contributed by atoms with Crippen molar-refractivity contribution in [1.29, 1.82) is 0 Å². The lowest BCUT2D eigenvalue weighted by atomic mass is 10.2. The Hall–Kier alpha value is -9.37. The van der Waals surface area contributed by atoms with E-state index in [1.165, 1.54) is 21.9 Å². The molecule has 0 atom stereocenters. The summed E-state index contributed by atoms with van der Waals surface area (Å²) < 4.78 is 74.8. The number of ether oxygens (including phenoxy) is 3. The molecule has 11 N–H and O–H groups in total. The molecule has 472 valence electrons. The Morgan fingerprint density at radius 2 is 1.03 bits per heavy atom. The molecule has 89 heavy (non-hydrogen) atoms. The highest BCUT2D eigenvalue weighted by Crippen LogP contribution is 2.36. The lowest BCUT2D eigenvalue weighted by molar-refractivity contribution is -0.121. The lowest BCUT2D eigenvalue weighted by Crippen LogP contribution is -2.36. The number of nitrogen functional groups attached to an aromatic ring is 2. The SMILES string of the molecule is C.C.CN1C(=O)COc2ccc(N)nc21.CN1C(=O)COc2ccc(Nc3nc(Cl)ncc3F)nc21.Cc1ccc(N)cc1S(N)(=O)=O.Cc1ccc(Nc2ncc(C)c(Nc3ccc4c(c3)N(C)C(=O)CO4)n2)cc1S(N)(=O)=O.Cc1cnc(Cl)nc1Cl. The number of primary sulfonamides is 2. The Labute approximate surface area is 527 Å². The summed E-state index contributed by atoms with van der Waals surface area (Å²) in [6.07, 6.45) is 4.18. The van der Waals surface area contributed by atoms with Crippen LogP contribution in [0.4, 0.5) is 68.0 Å². The number of nitrogens with one attached hydrogen (secondary N) is 3. The number of nitrogens with zero attached hydrogens (tertiary/aromatic N) is 11. The van der Waals surface area contributed by atoms with Gasteiger partial charge in [0, 0.05) is 61.7 Å². The van der Waals surface area contributed by atoms with Crippen molar-refractivity contribution in [3.63, 3.8) is 0 Å². The molecule has 28 nitrogen and oxygen atoms in total. The van der Waals surface area contributed by atoms with Gasteiger partial charge in [-0.15, -0.1) is 0 Å². The molecule has 0 radical (unpaired) electrons. The Morgan fingerprint density at radius 3 is 1.63 bits per heavy atom. The first-order chi connectivity index (χ1) is 40.9. The van der Waals surface area contributed by atoms with Crippen LogP contribution in [0, 0.1) is 33.5 Å². The van der Waals surface area contributed by atoms with E-state index in [2.05, 4.69) is 55.8 Å². The van der Waals surface area contributed by atoms with Crippen LogP contribution in [0.3, 0.4) is 0 Å². The minimum absolute atomic E-state index is 0. The number of aryl methyl sites for hydroxylation is 4. The highest BCUT2D eigenvalue weighted by Gasteiger charge is 2.26. The van der Waals surface area contributed by atoms with Crippen molar-refractivity contribution in [2.45, 2.75) is 52.3 Å². The topological polar surface area (TPSA) is 400 Å². The fourth-order valence-corrected chi connectivity index (χ4v) is 9.54. The number of hydrogen-bond acceptors (Lipinski definition) is 23. The van der Waals surface area contributed by atoms with Gasteiger partial charge in [0.15, 0.2) is 54.6 Å². The Morgan fingerprint density at radius 1 is 0.528 bits per heavy atom. The summed E-state index contributed by atoms with van der Waals surface area (Å²) >= 11 is 16.6. The van der Waals surface area contributed by atoms with Crippen molar-refractivity contribution < 1.29 is 49.8 Å². The van der Waals surface area contributed by atoms with Crippen LogP contribution in [0.1, 0.15) is 37.1 Å². The zero-order chi connectivity index (χ0) is 63.7. The van der Waals surface area contributed by atoms with Gasteiger partial charge in [-0.05, 0) is 129 Å². The van der Waals surface area contributed by atoms with E-state index in [-0.39, 0.29) is 84.5 Å². The zero-order valence-electron chi connectivity index (χ0n) is 47.0. The molecule has 0 saturated carbocycles. The predicted octanol–water partition coefficient (Wildman–Crippen LogP) is 7.95. The van der Waals surface area contributed by atoms with Crippen LogP contribution in [0.2, 0.25) is 15.7 Å². The minimum atomic E-state index is -3.85. The number of aromatic nitrogens is 8. The predicted molar refractivity (Wildman–Crippen MR) is 339 cm³/mol. The summed E-state index contributed by atoms with van der Waals surface area (Å²) in [5.41, 5.74) is 15.9. The number of amides is 3. The largest absolute Gasteiger partial charge is 0.482 e. The molecule has 0 spiro atoms. The van der Waals surface area contributed by atoms with E-state index in [4.69, 9.17) is 70.8 Å². The third-order valence-electron chi connectivity index (χ3n) is 12.2. The van der Waals surface area contributed by atoms with E-state index < -0.39 is 25.9 Å². The molecular weight excluding hydrogens is 1260 g/mol. The number of hydrogen-bond donors (Lipinski definition) is 7. The van der Waals surface area contributed by atoms with Gasteiger partial charge in [-0.2, -0.15) is 9.97 Å². The lowest BCUT2D eigenvalue weighted by Gasteiger charge is -2.26. The van der Waals surface area contributed by atoms with Gasteiger partial charge in [-0.3, -0.25) is 24.2 Å². The monoisotopic (exact) mass is 1320 g/mol. The second-order valence-corrected chi connectivity index (χ2v) is 22.7. The van der Waals surface area contributed by atoms with Gasteiger partial charge in [0.25, 0.3) is 17.7 Å². The molecule has 0 bridgehead atoms. The molecule has 34 heteroatoms. The number of nitrogens with two attached hydrogens (primary N) is 4. The molecule has 3 aliphatic rings. The third kappa shape index (κ3) is 18.6. The van der Waals surface area contributed by atoms with E-state index in [0.29, 0.717) is 85.4 Å². The number of fused-ring (bicyclic) bond motifs is 3. The maximum absolute atomic E-state index is 13.6. The summed E-state index contributed by atoms with van der Waals surface area (Å²) in [6, 6.07) is 21.4. The van der Waals surface area contributed by atoms with Gasteiger partial charge in [0.05, 0.1) is 21.7 Å². The number of halogens is 4. The van der Waals surface area contributed by atoms with Crippen LogP contribution in [-0.4, -0.2) is 115 Å². The van der Waals surface area contributed by atoms with Crippen molar-refractivity contribution in [3.05, 3.63) is 141 Å². The summed E-state index contributed by atoms with van der Waals surface area (Å²) in [4.78, 5) is 70.8. The second-order valence-electron chi connectivity index (χ2n) is 18.6. The van der Waals surface area contributed by atoms with Crippen LogP contribution in [-0.2, 0) is 34.4 Å². The maximum Gasteiger partial charge on any atom is 0.265 e. The van der Waals surface area contributed by atoms with E-state index in [9.17, 15) is 35.6 Å². The zero-order valence-corrected chi connectivity index (χ0v) is 50.9. The quantitative estimate of drug-likeness (QED) is 0.0431. The fourth-order valence-electron chi connectivity index (χ4n) is 7.48. The average molecular weight is 1320 g/mol. The first-order valence-corrected chi connectivity index (χ1v) is 29.3. The number of pyridine rings is 2. The smallest absolute Gasteiger partial charge is 0.265 e. The standard InChI is InChI=1S/C21H22N6O4S.C12H9ClFN5O2.C8H9N3O2.C7H10N2O2S.C5H4Cl2N2.2CH4/c1-12-4-5-15(9-18(12)32(22,29)30)25-21-23-10-13(2)20(26-21)24-14-6-7-17-16(8-14)27(3)19(28)11-31-17;1-19-9(20)5-21-7-2-3-8(17-11(7)19)16-10-6(14)4-15-12(13)18-10;1-11-7(12)4-13-5-2-3-6(9)10-8(5)11;1-5-2-3-6(8)4-7(5)12(9,10)11;1-3-2-8-5(7)9-4(3)6;;/h4-10H,11H2,1-3H3,(H2,22,29,30)(H2,23,24,25,26);2-4H,5H2,1H3,(H,15,16,17,18);2-3H,4H2,1H3,(H2,9,10);2-4H,8H2,1H3,(H2,9,10,11);2H,1H3;2*1H4. The molecule has 3 amide bonds. The number of rotatable bonds is 8. The van der Waals surface area contributed by atoms with Crippen LogP contribution >= 0.6 is 34.8 Å². The van der Waals surface area contributed by atoms with Gasteiger partial charge >= 0.3 is 0 Å². The fraction of sp³-hybridized carbons (Fsp3) is 0.218. The highest BCUT2D eigenvalue weighted by molar-refractivity contribution is 7.89. The van der Waals surface area contributed by atoms with Crippen LogP contribution < -0.4 is 66.6 Å². The maximum atomic E-state index is 13.6. The van der Waals surface area contributed by atoms with Gasteiger partial charge in [-0.25, -0.2) is 61.4 Å². The van der Waals surface area contributed by atoms with E-state index >= 15 is 0 Å². The normalized spacial score (nSPS) is 12.8. The van der Waals surface area contributed by atoms with Gasteiger partial charge in [0.2, 0.25) is 36.6 Å². The minimum Gasteiger partial charge on any atom is -0.482 e. The van der Waals surface area contributed by atoms with E-state index in [1.54, 1.807) is 113 Å². The van der Waals surface area contributed by atoms with Crippen molar-refractivity contribution in [3.8, 4) is 17.2 Å². The first-order valence-electron chi connectivity index (χ1n) is 25.0. The van der Waals surface area contributed by atoms with Crippen LogP contribution in [0.15, 0.2) is 107 Å². The number of benzene rings is 3. The number of likely N-dealkylation sites (N-methyl/N-ethyl adjacent to an activating group) is 3. The number of anilines is 11. The van der Waals surface area contributed by atoms with Crippen LogP contribution in [0.25, 0.3) is 0 Å². The molecular formula is C55H62Cl3FN18O10S2. The molecule has 0 saturated heterocycles. The summed E-state index contributed by atoms with van der Waals surface area (Å²) in [5, 5.41) is 19.7. The number of sulfonamides is 2. The Kier molecular flexibility index (Phi) is 23.7. The van der Waals surface area contributed by atoms with E-state index in [1.807, 2.05) is 19.9 Å². The molecule has 0 unspecified atom stereocenters. The summed E-state index contributed by atoms with van der Waals surface area (Å²) in [5.74, 6) is 2.79. The molecule has 3 aromatic carbocycles. The Bertz CT molecular complexity index is 4180. The molecule has 5 aromatic heterocycles. The Balaban J connectivity index is 0.000000218. The highest BCUT2D eigenvalue weighted by atomic mass is 35.5. The summed E-state index contributed by atoms with van der Waals surface area (Å²) in [7, 11) is -2.56. The summed E-state index contributed by atoms with van der Waals surface area (Å²) in [6.45, 7) is 7.06. The van der Waals surface area contributed by atoms with Crippen molar-refractivity contribution in [1.82, 2.24) is 39.9 Å². The molecule has 8 aromatic rings. The third-order valence-corrected chi connectivity index (χ3v) is 15.0. The van der Waals surface area contributed by atoms with Gasteiger partial charge < -0.3 is 46.5 Å². The molecule has 0 aliphatic carbocycles. The van der Waals surface area contributed by atoms with Gasteiger partial charge in [-0.1, -0.05) is 38.6 Å². The molecule has 0 fully saturated rings. The van der Waals surface area contributed by atoms with Crippen molar-refractivity contribution in [2.75, 3.05) is 83.1 Å². The molecule has 3 aliphatic heterocycles. The average Bonchev–Trinajstić information content (AvgIpc) is 2.86. The van der Waals surface area contributed by atoms with E-state index in [0.717, 1.165) is 17.3 Å². The number of carbonyl (C=O) groups excluding carboxylic acids is 3. The molecule has 8 heterocycles. The second kappa shape index (κ2) is 30.0. The van der Waals surface area contributed by atoms with Crippen LogP contribution in [0.5, 0.6) is 17.2 Å².